The van der Waals surface area contributed by atoms with Crippen LogP contribution in [0.2, 0.25) is 0 Å². The summed E-state index contributed by atoms with van der Waals surface area (Å²) in [7, 11) is 0. The van der Waals surface area contributed by atoms with Crippen LogP contribution in [-0.4, -0.2) is 10.1 Å². The number of nitrogens with one attached hydrogen (secondary N) is 1. The van der Waals surface area contributed by atoms with Crippen LogP contribution in [0.3, 0.4) is 0 Å². The Morgan fingerprint density at radius 1 is 1.21 bits per heavy atom. The van der Waals surface area contributed by atoms with Gasteiger partial charge in [0.15, 0.2) is 0 Å². The first kappa shape index (κ1) is 8.93. The van der Waals surface area contributed by atoms with Gasteiger partial charge in [-0.2, -0.15) is 13.2 Å². The van der Waals surface area contributed by atoms with E-state index in [1.54, 1.807) is 0 Å². The predicted molar refractivity (Wildman–Crippen MR) is 45.0 cm³/mol. The number of rotatable bonds is 0. The van der Waals surface area contributed by atoms with Gasteiger partial charge in [0.2, 0.25) is 0 Å². The van der Waals surface area contributed by atoms with Crippen LogP contribution in [-0.2, 0) is 6.18 Å². The van der Waals surface area contributed by atoms with Gasteiger partial charge < -0.3 is 10.1 Å². The van der Waals surface area contributed by atoms with Crippen LogP contribution in [0.15, 0.2) is 24.3 Å². The maximum absolute atomic E-state index is 12.2. The Labute approximate surface area is 77.0 Å². The molecule has 2 N–H and O–H groups in total. The molecule has 1 aromatic heterocycles. The summed E-state index contributed by atoms with van der Waals surface area (Å²) in [5.41, 5.74) is -0.742. The van der Waals surface area contributed by atoms with Crippen LogP contribution in [0.4, 0.5) is 13.2 Å². The van der Waals surface area contributed by atoms with E-state index in [0.29, 0.717) is 5.39 Å². The Morgan fingerprint density at radius 2 is 1.93 bits per heavy atom. The van der Waals surface area contributed by atoms with E-state index in [2.05, 4.69) is 4.98 Å². The van der Waals surface area contributed by atoms with Gasteiger partial charge in [0.1, 0.15) is 11.4 Å². The second-order valence-corrected chi connectivity index (χ2v) is 2.92. The average molecular weight is 201 g/mol. The van der Waals surface area contributed by atoms with Crippen molar-refractivity contribution in [3.8, 4) is 5.75 Å². The minimum absolute atomic E-state index is 0.111. The van der Waals surface area contributed by atoms with Crippen molar-refractivity contribution in [2.75, 3.05) is 0 Å². The lowest BCUT2D eigenvalue weighted by Gasteiger charge is -2.00. The number of hydrogen-bond donors (Lipinski definition) is 2. The van der Waals surface area contributed by atoms with Gasteiger partial charge in [-0.15, -0.1) is 0 Å². The Kier molecular flexibility index (Phi) is 1.70. The highest BCUT2D eigenvalue weighted by Crippen LogP contribution is 2.33. The molecule has 0 aliphatic heterocycles. The third-order valence-electron chi connectivity index (χ3n) is 1.94. The quantitative estimate of drug-likeness (QED) is 0.675. The predicted octanol–water partition coefficient (Wildman–Crippen LogP) is 2.89. The number of halogens is 3. The Hall–Kier alpha value is -1.65. The van der Waals surface area contributed by atoms with Crippen LogP contribution in [0.5, 0.6) is 5.75 Å². The fraction of sp³-hybridized carbons (Fsp3) is 0.111. The molecule has 0 unspecified atom stereocenters. The first-order chi connectivity index (χ1) is 6.48. The molecule has 0 radical (unpaired) electrons. The molecule has 0 bridgehead atoms. The Bertz CT molecular complexity index is 472. The molecule has 1 aromatic carbocycles. The summed E-state index contributed by atoms with van der Waals surface area (Å²) in [6.07, 6.45) is -4.41. The summed E-state index contributed by atoms with van der Waals surface area (Å²) in [6.45, 7) is 0. The summed E-state index contributed by atoms with van der Waals surface area (Å²) in [4.78, 5) is 2.13. The molecule has 2 rings (SSSR count). The molecule has 0 spiro atoms. The molecule has 14 heavy (non-hydrogen) atoms. The molecule has 0 fully saturated rings. The lowest BCUT2D eigenvalue weighted by molar-refractivity contribution is -0.140. The fourth-order valence-corrected chi connectivity index (χ4v) is 1.29. The van der Waals surface area contributed by atoms with Crippen LogP contribution in [0.1, 0.15) is 5.69 Å². The zero-order valence-electron chi connectivity index (χ0n) is 6.89. The first-order valence-electron chi connectivity index (χ1n) is 3.86. The van der Waals surface area contributed by atoms with Crippen molar-refractivity contribution in [3.63, 3.8) is 0 Å². The third-order valence-corrected chi connectivity index (χ3v) is 1.94. The molecular formula is C9H6F3NO. The second kappa shape index (κ2) is 2.67. The topological polar surface area (TPSA) is 36.0 Å². The van der Waals surface area contributed by atoms with Crippen molar-refractivity contribution in [2.24, 2.45) is 0 Å². The standard InChI is InChI=1S/C9H6F3NO/c10-9(11,12)7-4-5-2-1-3-6(14)8(5)13-7/h1-4,13-14H. The van der Waals surface area contributed by atoms with E-state index < -0.39 is 11.9 Å². The van der Waals surface area contributed by atoms with E-state index in [4.69, 9.17) is 0 Å². The Morgan fingerprint density at radius 3 is 2.50 bits per heavy atom. The van der Waals surface area contributed by atoms with E-state index in [0.717, 1.165) is 6.07 Å². The maximum atomic E-state index is 12.2. The van der Waals surface area contributed by atoms with Crippen molar-refractivity contribution in [3.05, 3.63) is 30.0 Å². The highest BCUT2D eigenvalue weighted by Gasteiger charge is 2.32. The molecule has 2 aromatic rings. The highest BCUT2D eigenvalue weighted by atomic mass is 19.4. The number of phenolic OH excluding ortho intramolecular Hbond substituents is 1. The van der Waals surface area contributed by atoms with Crippen molar-refractivity contribution >= 4 is 10.9 Å². The largest absolute Gasteiger partial charge is 0.506 e. The fourth-order valence-electron chi connectivity index (χ4n) is 1.29. The summed E-state index contributed by atoms with van der Waals surface area (Å²) in [6, 6.07) is 5.29. The van der Waals surface area contributed by atoms with Crippen LogP contribution in [0, 0.1) is 0 Å². The van der Waals surface area contributed by atoms with E-state index in [9.17, 15) is 18.3 Å². The number of para-hydroxylation sites is 1. The molecule has 0 atom stereocenters. The van der Waals surface area contributed by atoms with Gasteiger partial charge in [-0.05, 0) is 12.1 Å². The molecule has 74 valence electrons. The monoisotopic (exact) mass is 201 g/mol. The van der Waals surface area contributed by atoms with Crippen LogP contribution >= 0.6 is 0 Å². The second-order valence-electron chi connectivity index (χ2n) is 2.92. The molecule has 1 heterocycles. The highest BCUT2D eigenvalue weighted by molar-refractivity contribution is 5.85. The number of H-pyrrole nitrogens is 1. The zero-order chi connectivity index (χ0) is 10.3. The zero-order valence-corrected chi connectivity index (χ0v) is 6.89. The van der Waals surface area contributed by atoms with Crippen molar-refractivity contribution in [2.45, 2.75) is 6.18 Å². The number of benzene rings is 1. The molecular weight excluding hydrogens is 195 g/mol. The number of hydrogen-bond acceptors (Lipinski definition) is 1. The number of alkyl halides is 3. The van der Waals surface area contributed by atoms with Crippen molar-refractivity contribution in [1.29, 1.82) is 0 Å². The molecule has 0 saturated carbocycles. The SMILES string of the molecule is Oc1cccc2cc(C(F)(F)F)[nH]c12. The summed E-state index contributed by atoms with van der Waals surface area (Å²) < 4.78 is 36.7. The van der Waals surface area contributed by atoms with Crippen molar-refractivity contribution < 1.29 is 18.3 Å². The normalized spacial score (nSPS) is 12.2. The molecule has 0 amide bonds. The lowest BCUT2D eigenvalue weighted by Crippen LogP contribution is -2.04. The molecule has 0 saturated heterocycles. The minimum Gasteiger partial charge on any atom is -0.506 e. The van der Waals surface area contributed by atoms with Gasteiger partial charge in [-0.3, -0.25) is 0 Å². The minimum atomic E-state index is -4.41. The summed E-state index contributed by atoms with van der Waals surface area (Å²) >= 11 is 0. The molecule has 2 nitrogen and oxygen atoms in total. The number of fused-ring (bicyclic) bond motifs is 1. The number of aromatic nitrogens is 1. The van der Waals surface area contributed by atoms with Crippen LogP contribution < -0.4 is 0 Å². The maximum Gasteiger partial charge on any atom is 0.431 e. The van der Waals surface area contributed by atoms with E-state index in [1.807, 2.05) is 0 Å². The summed E-state index contributed by atoms with van der Waals surface area (Å²) in [5, 5.41) is 9.60. The molecule has 0 aliphatic carbocycles. The number of aromatic hydroxyl groups is 1. The van der Waals surface area contributed by atoms with Crippen molar-refractivity contribution in [1.82, 2.24) is 4.98 Å². The number of phenols is 1. The van der Waals surface area contributed by atoms with E-state index in [1.165, 1.54) is 18.2 Å². The van der Waals surface area contributed by atoms with Crippen LogP contribution in [0.25, 0.3) is 10.9 Å². The van der Waals surface area contributed by atoms with Gasteiger partial charge in [0.05, 0.1) is 5.52 Å². The number of aromatic amines is 1. The summed E-state index contributed by atoms with van der Waals surface area (Å²) in [5.74, 6) is -0.182. The smallest absolute Gasteiger partial charge is 0.431 e. The van der Waals surface area contributed by atoms with Gasteiger partial charge in [0.25, 0.3) is 0 Å². The van der Waals surface area contributed by atoms with E-state index >= 15 is 0 Å². The van der Waals surface area contributed by atoms with Gasteiger partial charge in [-0.25, -0.2) is 0 Å². The third kappa shape index (κ3) is 1.30. The Balaban J connectivity index is 2.69. The van der Waals surface area contributed by atoms with Gasteiger partial charge in [0, 0.05) is 5.39 Å². The molecule has 5 heteroatoms. The first-order valence-corrected chi connectivity index (χ1v) is 3.86. The average Bonchev–Trinajstić information content (AvgIpc) is 2.48. The van der Waals surface area contributed by atoms with E-state index in [-0.39, 0.29) is 11.3 Å². The molecule has 0 aliphatic rings. The van der Waals surface area contributed by atoms with Gasteiger partial charge >= 0.3 is 6.18 Å². The lowest BCUT2D eigenvalue weighted by atomic mass is 10.2. The van der Waals surface area contributed by atoms with Gasteiger partial charge in [-0.1, -0.05) is 12.1 Å².